The Hall–Kier alpha value is -2.52. The van der Waals surface area contributed by atoms with E-state index in [2.05, 4.69) is 31.9 Å². The van der Waals surface area contributed by atoms with Crippen molar-refractivity contribution in [3.8, 4) is 5.75 Å². The summed E-state index contributed by atoms with van der Waals surface area (Å²) in [6.07, 6.45) is 1.31. The Kier molecular flexibility index (Phi) is 6.57. The monoisotopic (exact) mass is 602 g/mol. The Morgan fingerprint density at radius 2 is 1.57 bits per heavy atom. The van der Waals surface area contributed by atoms with Gasteiger partial charge in [0.05, 0.1) is 23.4 Å². The van der Waals surface area contributed by atoms with E-state index in [1.807, 2.05) is 30.3 Å². The summed E-state index contributed by atoms with van der Waals surface area (Å²) in [5, 5.41) is 0. The van der Waals surface area contributed by atoms with Crippen molar-refractivity contribution in [3.05, 3.63) is 54.1 Å². The van der Waals surface area contributed by atoms with Crippen molar-refractivity contribution in [1.29, 1.82) is 0 Å². The number of carbonyl (C=O) groups is 4. The number of halogens is 2. The normalized spacial score (nSPS) is 28.4. The number of hydrogen-bond donors (Lipinski definition) is 0. The molecule has 5 rings (SSSR count). The van der Waals surface area contributed by atoms with Crippen LogP contribution in [0.5, 0.6) is 5.75 Å². The summed E-state index contributed by atoms with van der Waals surface area (Å²) in [4.78, 5) is 54.6. The molecule has 9 heteroatoms. The van der Waals surface area contributed by atoms with Crippen molar-refractivity contribution < 1.29 is 23.9 Å². The van der Waals surface area contributed by atoms with Gasteiger partial charge in [0.25, 0.3) is 0 Å². The number of para-hydroxylation sites is 1. The Morgan fingerprint density at radius 1 is 0.943 bits per heavy atom. The predicted octanol–water partition coefficient (Wildman–Crippen LogP) is 4.38. The van der Waals surface area contributed by atoms with E-state index in [0.717, 1.165) is 5.69 Å². The average molecular weight is 604 g/mol. The summed E-state index contributed by atoms with van der Waals surface area (Å²) in [5.74, 6) is -1.86. The Labute approximate surface area is 220 Å². The van der Waals surface area contributed by atoms with Crippen molar-refractivity contribution >= 4 is 66.9 Å². The lowest BCUT2D eigenvalue weighted by molar-refractivity contribution is -0.139. The van der Waals surface area contributed by atoms with Crippen LogP contribution in [0.15, 0.2) is 48.5 Å². The quantitative estimate of drug-likeness (QED) is 0.224. The van der Waals surface area contributed by atoms with Gasteiger partial charge in [-0.1, -0.05) is 50.1 Å². The highest BCUT2D eigenvalue weighted by Crippen LogP contribution is 2.45. The molecule has 3 aliphatic rings. The zero-order chi connectivity index (χ0) is 24.9. The van der Waals surface area contributed by atoms with E-state index < -0.39 is 11.9 Å². The molecule has 0 unspecified atom stereocenters. The Bertz CT molecular complexity index is 1180. The van der Waals surface area contributed by atoms with Crippen LogP contribution in [0.1, 0.15) is 24.8 Å². The number of amides is 3. The van der Waals surface area contributed by atoms with Crippen LogP contribution in [0, 0.1) is 24.7 Å². The van der Waals surface area contributed by atoms with Gasteiger partial charge in [0, 0.05) is 28.3 Å². The van der Waals surface area contributed by atoms with Gasteiger partial charge in [-0.05, 0) is 55.7 Å². The van der Waals surface area contributed by atoms with Crippen LogP contribution in [0.25, 0.3) is 0 Å². The number of alkyl halides is 2. The van der Waals surface area contributed by atoms with Crippen molar-refractivity contribution in [2.75, 3.05) is 16.3 Å². The van der Waals surface area contributed by atoms with E-state index in [9.17, 15) is 19.2 Å². The largest absolute Gasteiger partial charge is 0.426 e. The summed E-state index contributed by atoms with van der Waals surface area (Å²) in [6, 6.07) is 14.1. The maximum absolute atomic E-state index is 13.1. The molecule has 0 bridgehead atoms. The molecule has 7 nitrogen and oxygen atoms in total. The molecule has 1 saturated carbocycles. The second-order valence-corrected chi connectivity index (χ2v) is 11.7. The fraction of sp³-hybridized carbons (Fsp3) is 0.385. The van der Waals surface area contributed by atoms with E-state index in [0.29, 0.717) is 29.8 Å². The Balaban J connectivity index is 1.28. The van der Waals surface area contributed by atoms with Crippen LogP contribution in [0.4, 0.5) is 11.4 Å². The van der Waals surface area contributed by atoms with Crippen LogP contribution >= 0.6 is 31.9 Å². The predicted molar refractivity (Wildman–Crippen MR) is 138 cm³/mol. The molecule has 0 radical (unpaired) electrons. The SMILES string of the molecule is Cc1cc(OC(=O)[C@@H]2CC(=O)N(c3ccccc3)C2)ccc1N1C(=O)[C@@H]2C[C@@H](Br)[C@@H](Br)C[C@H]2C1=O. The average Bonchev–Trinajstić information content (AvgIpc) is 3.33. The summed E-state index contributed by atoms with van der Waals surface area (Å²) < 4.78 is 5.59. The number of nitrogens with zero attached hydrogens (tertiary/aromatic N) is 2. The van der Waals surface area contributed by atoms with Crippen LogP contribution in [0.3, 0.4) is 0 Å². The first-order chi connectivity index (χ1) is 16.7. The molecular weight excluding hydrogens is 580 g/mol. The topological polar surface area (TPSA) is 84.0 Å². The molecular formula is C26H24Br2N2O5. The number of hydrogen-bond acceptors (Lipinski definition) is 5. The number of fused-ring (bicyclic) bond motifs is 1. The van der Waals surface area contributed by atoms with Crippen LogP contribution < -0.4 is 14.5 Å². The molecule has 5 atom stereocenters. The minimum atomic E-state index is -0.568. The maximum atomic E-state index is 13.1. The van der Waals surface area contributed by atoms with Crippen molar-refractivity contribution in [2.45, 2.75) is 35.8 Å². The van der Waals surface area contributed by atoms with Crippen molar-refractivity contribution in [1.82, 2.24) is 0 Å². The van der Waals surface area contributed by atoms with Crippen molar-refractivity contribution in [3.63, 3.8) is 0 Å². The van der Waals surface area contributed by atoms with Gasteiger partial charge in [-0.15, -0.1) is 0 Å². The van der Waals surface area contributed by atoms with Crippen LogP contribution in [0.2, 0.25) is 0 Å². The second kappa shape index (κ2) is 9.50. The lowest BCUT2D eigenvalue weighted by atomic mass is 9.81. The number of aryl methyl sites for hydroxylation is 1. The van der Waals surface area contributed by atoms with E-state index in [-0.39, 0.29) is 52.2 Å². The molecule has 2 aromatic rings. The van der Waals surface area contributed by atoms with Gasteiger partial charge in [-0.2, -0.15) is 0 Å². The van der Waals surface area contributed by atoms with Gasteiger partial charge in [-0.25, -0.2) is 4.90 Å². The number of carbonyl (C=O) groups excluding carboxylic acids is 4. The molecule has 0 spiro atoms. The lowest BCUT2D eigenvalue weighted by Gasteiger charge is -2.29. The summed E-state index contributed by atoms with van der Waals surface area (Å²) in [6.45, 7) is 2.05. The highest BCUT2D eigenvalue weighted by atomic mass is 79.9. The highest BCUT2D eigenvalue weighted by molar-refractivity contribution is 9.12. The first-order valence-corrected chi connectivity index (χ1v) is 13.4. The molecule has 1 aliphatic carbocycles. The number of rotatable bonds is 4. The molecule has 0 N–H and O–H groups in total. The molecule has 3 amide bonds. The third-order valence-electron chi connectivity index (χ3n) is 7.07. The molecule has 0 aromatic heterocycles. The van der Waals surface area contributed by atoms with Gasteiger partial charge >= 0.3 is 5.97 Å². The summed E-state index contributed by atoms with van der Waals surface area (Å²) >= 11 is 7.22. The fourth-order valence-corrected chi connectivity index (χ4v) is 6.43. The van der Waals surface area contributed by atoms with E-state index in [4.69, 9.17) is 4.74 Å². The first-order valence-electron chi connectivity index (χ1n) is 11.6. The van der Waals surface area contributed by atoms with Gasteiger partial charge in [0.15, 0.2) is 0 Å². The van der Waals surface area contributed by atoms with Gasteiger partial charge in [0.1, 0.15) is 5.75 Å². The number of anilines is 2. The summed E-state index contributed by atoms with van der Waals surface area (Å²) in [7, 11) is 0. The molecule has 2 heterocycles. The molecule has 182 valence electrons. The lowest BCUT2D eigenvalue weighted by Crippen LogP contribution is -2.34. The van der Waals surface area contributed by atoms with Gasteiger partial charge in [-0.3, -0.25) is 19.2 Å². The third kappa shape index (κ3) is 4.44. The molecule has 3 fully saturated rings. The first kappa shape index (κ1) is 24.2. The molecule has 2 aliphatic heterocycles. The van der Waals surface area contributed by atoms with E-state index in [1.165, 1.54) is 4.90 Å². The molecule has 2 saturated heterocycles. The minimum absolute atomic E-state index is 0.0908. The Morgan fingerprint density at radius 3 is 2.17 bits per heavy atom. The zero-order valence-corrected chi connectivity index (χ0v) is 22.2. The third-order valence-corrected chi connectivity index (χ3v) is 9.80. The number of imide groups is 1. The highest BCUT2D eigenvalue weighted by Gasteiger charge is 2.52. The van der Waals surface area contributed by atoms with Gasteiger partial charge in [0.2, 0.25) is 17.7 Å². The minimum Gasteiger partial charge on any atom is -0.426 e. The fourth-order valence-electron chi connectivity index (χ4n) is 5.20. The van der Waals surface area contributed by atoms with Crippen LogP contribution in [-0.4, -0.2) is 39.9 Å². The maximum Gasteiger partial charge on any atom is 0.316 e. The van der Waals surface area contributed by atoms with Crippen LogP contribution in [-0.2, 0) is 19.2 Å². The number of esters is 1. The van der Waals surface area contributed by atoms with Gasteiger partial charge < -0.3 is 9.64 Å². The molecule has 2 aromatic carbocycles. The van der Waals surface area contributed by atoms with E-state index in [1.54, 1.807) is 30.0 Å². The smallest absolute Gasteiger partial charge is 0.316 e. The number of ether oxygens (including phenoxy) is 1. The van der Waals surface area contributed by atoms with E-state index >= 15 is 0 Å². The number of benzene rings is 2. The zero-order valence-electron chi connectivity index (χ0n) is 19.0. The standard InChI is InChI=1S/C26H24Br2N2O5/c1-14-9-17(35-26(34)15-10-23(31)29(13-15)16-5-3-2-4-6-16)7-8-22(14)30-24(32)18-11-20(27)21(28)12-19(18)25(30)33/h2-9,15,18-21H,10-13H2,1H3/t15-,18-,19-,20-,21+/m1/s1. The van der Waals surface area contributed by atoms with Crippen molar-refractivity contribution in [2.24, 2.45) is 17.8 Å². The summed E-state index contributed by atoms with van der Waals surface area (Å²) in [5.41, 5.74) is 1.93. The molecule has 35 heavy (non-hydrogen) atoms. The second-order valence-electron chi connectivity index (χ2n) is 9.34.